The molecule has 0 aliphatic heterocycles. The molecule has 0 heterocycles. The summed E-state index contributed by atoms with van der Waals surface area (Å²) in [6, 6.07) is -0.00190. The van der Waals surface area contributed by atoms with E-state index < -0.39 is 87.2 Å². The zero-order valence-electron chi connectivity index (χ0n) is 26.2. The summed E-state index contributed by atoms with van der Waals surface area (Å²) in [5, 5.41) is 0. The Bertz CT molecular complexity index is 1260. The molecule has 0 aromatic heterocycles. The Morgan fingerprint density at radius 2 is 0.791 bits per heavy atom. The first-order valence-corrected chi connectivity index (χ1v) is 12.8. The van der Waals surface area contributed by atoms with Crippen molar-refractivity contribution in [2.24, 2.45) is 0 Å². The van der Waals surface area contributed by atoms with E-state index in [9.17, 15) is 28.8 Å². The number of hydrogen-bond donors (Lipinski definition) is 0. The van der Waals surface area contributed by atoms with Crippen LogP contribution in [0.1, 0.15) is 104 Å². The lowest BCUT2D eigenvalue weighted by Crippen LogP contribution is -2.48. The van der Waals surface area contributed by atoms with Gasteiger partial charge < -0.3 is 18.9 Å². The molecule has 12 nitrogen and oxygen atoms in total. The van der Waals surface area contributed by atoms with Crippen molar-refractivity contribution in [2.45, 2.75) is 105 Å². The zero-order chi connectivity index (χ0) is 34.0. The van der Waals surface area contributed by atoms with Gasteiger partial charge in [-0.15, -0.1) is 9.80 Å². The molecule has 0 saturated carbocycles. The molecule has 6 amide bonds. The SMILES string of the molecule is CC(C)(C)OC(=O)N(C(=O)OC(C)(C)C)C(=O)c1cc(F)c(C(=O)N(C(=O)OC(C)(C)C)C(=O)OC(C)(C)C)c(F)c1F. The Morgan fingerprint density at radius 1 is 0.512 bits per heavy atom. The minimum absolute atomic E-state index is 0.00190. The quantitative estimate of drug-likeness (QED) is 0.258. The molecule has 240 valence electrons. The second kappa shape index (κ2) is 12.6. The summed E-state index contributed by atoms with van der Waals surface area (Å²) in [6.07, 6.45) is -6.72. The van der Waals surface area contributed by atoms with Gasteiger partial charge in [-0.2, -0.15) is 0 Å². The largest absolute Gasteiger partial charge is 0.443 e. The van der Waals surface area contributed by atoms with Gasteiger partial charge in [0.1, 0.15) is 33.8 Å². The molecular weight excluding hydrogens is 581 g/mol. The number of benzene rings is 1. The van der Waals surface area contributed by atoms with E-state index in [2.05, 4.69) is 0 Å². The maximum atomic E-state index is 15.3. The molecule has 0 radical (unpaired) electrons. The Morgan fingerprint density at radius 3 is 1.07 bits per heavy atom. The number of nitrogens with zero attached hydrogens (tertiary/aromatic N) is 2. The van der Waals surface area contributed by atoms with Crippen LogP contribution in [0.15, 0.2) is 6.07 Å². The molecule has 0 aliphatic rings. The van der Waals surface area contributed by atoms with Gasteiger partial charge in [0.05, 0.1) is 5.56 Å². The average Bonchev–Trinajstić information content (AvgIpc) is 2.71. The summed E-state index contributed by atoms with van der Waals surface area (Å²) in [7, 11) is 0. The van der Waals surface area contributed by atoms with Crippen molar-refractivity contribution in [3.63, 3.8) is 0 Å². The molecule has 0 N–H and O–H groups in total. The molecule has 0 aliphatic carbocycles. The van der Waals surface area contributed by atoms with Gasteiger partial charge in [0.2, 0.25) is 0 Å². The van der Waals surface area contributed by atoms with Crippen LogP contribution in [-0.4, -0.2) is 68.4 Å². The second-order valence-corrected chi connectivity index (χ2v) is 13.1. The fourth-order valence-electron chi connectivity index (χ4n) is 2.89. The van der Waals surface area contributed by atoms with Gasteiger partial charge in [0, 0.05) is 0 Å². The predicted molar refractivity (Wildman–Crippen MR) is 144 cm³/mol. The number of carbonyl (C=O) groups excluding carboxylic acids is 6. The molecule has 1 aromatic carbocycles. The van der Waals surface area contributed by atoms with E-state index >= 15 is 13.2 Å². The first kappa shape index (κ1) is 36.9. The van der Waals surface area contributed by atoms with E-state index in [-0.39, 0.29) is 15.9 Å². The number of rotatable bonds is 2. The third-order valence-electron chi connectivity index (χ3n) is 4.31. The maximum absolute atomic E-state index is 15.3. The third kappa shape index (κ3) is 10.6. The van der Waals surface area contributed by atoms with Crippen LogP contribution in [0.3, 0.4) is 0 Å². The van der Waals surface area contributed by atoms with Gasteiger partial charge in [-0.05, 0) is 89.2 Å². The lowest BCUT2D eigenvalue weighted by atomic mass is 10.1. The van der Waals surface area contributed by atoms with Crippen LogP contribution in [0.2, 0.25) is 0 Å². The summed E-state index contributed by atoms with van der Waals surface area (Å²) < 4.78 is 65.9. The van der Waals surface area contributed by atoms with Gasteiger partial charge in [-0.3, -0.25) is 9.59 Å². The van der Waals surface area contributed by atoms with E-state index in [1.54, 1.807) is 0 Å². The molecular formula is C28H37F3N2O10. The summed E-state index contributed by atoms with van der Waals surface area (Å²) >= 11 is 0. The van der Waals surface area contributed by atoms with Crippen molar-refractivity contribution in [1.29, 1.82) is 0 Å². The summed E-state index contributed by atoms with van der Waals surface area (Å²) in [5.41, 5.74) is -8.48. The van der Waals surface area contributed by atoms with Crippen LogP contribution in [0.25, 0.3) is 0 Å². The van der Waals surface area contributed by atoms with Crippen molar-refractivity contribution in [3.05, 3.63) is 34.6 Å². The van der Waals surface area contributed by atoms with Crippen molar-refractivity contribution >= 4 is 36.2 Å². The van der Waals surface area contributed by atoms with Crippen LogP contribution in [0, 0.1) is 17.5 Å². The second-order valence-electron chi connectivity index (χ2n) is 13.1. The van der Waals surface area contributed by atoms with Crippen molar-refractivity contribution < 1.29 is 60.9 Å². The number of imide groups is 6. The minimum atomic E-state index is -2.33. The van der Waals surface area contributed by atoms with Crippen LogP contribution in [0.5, 0.6) is 0 Å². The van der Waals surface area contributed by atoms with Gasteiger partial charge in [0.15, 0.2) is 11.6 Å². The Hall–Kier alpha value is -4.17. The normalized spacial score (nSPS) is 12.2. The average molecular weight is 619 g/mol. The van der Waals surface area contributed by atoms with Gasteiger partial charge >= 0.3 is 24.4 Å². The van der Waals surface area contributed by atoms with Crippen LogP contribution in [0.4, 0.5) is 32.3 Å². The highest BCUT2D eigenvalue weighted by Crippen LogP contribution is 2.26. The number of amides is 6. The van der Waals surface area contributed by atoms with Gasteiger partial charge in [-0.25, -0.2) is 32.3 Å². The molecule has 15 heteroatoms. The van der Waals surface area contributed by atoms with Crippen molar-refractivity contribution in [2.75, 3.05) is 0 Å². The Kier molecular flexibility index (Phi) is 10.8. The topological polar surface area (TPSA) is 146 Å². The van der Waals surface area contributed by atoms with Crippen LogP contribution >= 0.6 is 0 Å². The van der Waals surface area contributed by atoms with E-state index in [0.29, 0.717) is 0 Å². The van der Waals surface area contributed by atoms with Gasteiger partial charge in [0.25, 0.3) is 11.8 Å². The van der Waals surface area contributed by atoms with E-state index in [1.165, 1.54) is 83.1 Å². The van der Waals surface area contributed by atoms with Crippen molar-refractivity contribution in [1.82, 2.24) is 9.80 Å². The Labute approximate surface area is 247 Å². The summed E-state index contributed by atoms with van der Waals surface area (Å²) in [4.78, 5) is 76.6. The van der Waals surface area contributed by atoms with E-state index in [1.807, 2.05) is 0 Å². The van der Waals surface area contributed by atoms with Crippen LogP contribution < -0.4 is 0 Å². The lowest BCUT2D eigenvalue weighted by Gasteiger charge is -2.28. The smallest absolute Gasteiger partial charge is 0.427 e. The third-order valence-corrected chi connectivity index (χ3v) is 4.31. The molecule has 1 aromatic rings. The number of carbonyl (C=O) groups is 6. The summed E-state index contributed by atoms with van der Waals surface area (Å²) in [5.74, 6) is -10.4. The van der Waals surface area contributed by atoms with E-state index in [0.717, 1.165) is 0 Å². The zero-order valence-corrected chi connectivity index (χ0v) is 26.2. The fourth-order valence-corrected chi connectivity index (χ4v) is 2.89. The molecule has 43 heavy (non-hydrogen) atoms. The summed E-state index contributed by atoms with van der Waals surface area (Å²) in [6.45, 7) is 16.5. The highest BCUT2D eigenvalue weighted by molar-refractivity contribution is 6.15. The standard InChI is InChI=1S/C28H37F3N2O10/c1-25(2,3)40-21(36)32(22(37)41-26(4,5)6)19(34)14-13-15(29)16(18(31)17(14)30)20(35)33(23(38)42-27(7,8)9)24(39)43-28(10,11)12/h13H,1-12H3. The Balaban J connectivity index is 3.78. The van der Waals surface area contributed by atoms with Crippen molar-refractivity contribution in [3.8, 4) is 0 Å². The highest BCUT2D eigenvalue weighted by atomic mass is 19.2. The molecule has 0 atom stereocenters. The first-order chi connectivity index (χ1) is 19.1. The molecule has 0 fully saturated rings. The molecule has 0 bridgehead atoms. The molecule has 0 spiro atoms. The predicted octanol–water partition coefficient (Wildman–Crippen LogP) is 6.73. The van der Waals surface area contributed by atoms with Crippen LogP contribution in [-0.2, 0) is 18.9 Å². The first-order valence-electron chi connectivity index (χ1n) is 12.8. The molecule has 1 rings (SSSR count). The van der Waals surface area contributed by atoms with E-state index in [4.69, 9.17) is 18.9 Å². The van der Waals surface area contributed by atoms with Gasteiger partial charge in [-0.1, -0.05) is 0 Å². The molecule has 0 saturated heterocycles. The lowest BCUT2D eigenvalue weighted by molar-refractivity contribution is 0.000622. The number of hydrogen-bond acceptors (Lipinski definition) is 10. The molecule has 0 unspecified atom stereocenters. The fraction of sp³-hybridized carbons (Fsp3) is 0.571. The number of ether oxygens (including phenoxy) is 4. The monoisotopic (exact) mass is 618 g/mol. The highest BCUT2D eigenvalue weighted by Gasteiger charge is 2.43. The maximum Gasteiger partial charge on any atom is 0.427 e. The minimum Gasteiger partial charge on any atom is -0.443 e. The number of halogens is 3.